The van der Waals surface area contributed by atoms with Gasteiger partial charge in [0.15, 0.2) is 0 Å². The van der Waals surface area contributed by atoms with Gasteiger partial charge in [0.05, 0.1) is 11.2 Å². The summed E-state index contributed by atoms with van der Waals surface area (Å²) in [5.74, 6) is 0. The highest BCUT2D eigenvalue weighted by molar-refractivity contribution is 8.11. The Bertz CT molecular complexity index is 716. The minimum atomic E-state index is 0.469. The first-order valence-electron chi connectivity index (χ1n) is 5.25. The Hall–Kier alpha value is -1.52. The lowest BCUT2D eigenvalue weighted by molar-refractivity contribution is 1.54. The lowest BCUT2D eigenvalue weighted by atomic mass is 10.1. The van der Waals surface area contributed by atoms with E-state index in [2.05, 4.69) is 41.1 Å². The Labute approximate surface area is 109 Å². The zero-order chi connectivity index (χ0) is 11.8. The molecule has 4 heteroatoms. The van der Waals surface area contributed by atoms with E-state index >= 15 is 0 Å². The second-order valence-electron chi connectivity index (χ2n) is 3.83. The van der Waals surface area contributed by atoms with Gasteiger partial charge < -0.3 is 10.3 Å². The summed E-state index contributed by atoms with van der Waals surface area (Å²) in [7, 11) is 0. The monoisotopic (exact) mass is 258 g/mol. The number of fused-ring (bicyclic) bond motifs is 3. The van der Waals surface area contributed by atoms with Crippen LogP contribution in [0.25, 0.3) is 21.8 Å². The lowest BCUT2D eigenvalue weighted by Gasteiger charge is -2.04. The molecule has 0 aliphatic heterocycles. The number of rotatable bonds is 1. The van der Waals surface area contributed by atoms with E-state index in [0.29, 0.717) is 4.32 Å². The second kappa shape index (κ2) is 4.05. The van der Waals surface area contributed by atoms with Crippen molar-refractivity contribution in [3.05, 3.63) is 42.5 Å². The maximum absolute atomic E-state index is 4.96. The fourth-order valence-corrected chi connectivity index (χ4v) is 2.32. The zero-order valence-electron chi connectivity index (χ0n) is 8.90. The first kappa shape index (κ1) is 10.6. The Morgan fingerprint density at radius 2 is 1.82 bits per heavy atom. The molecule has 0 unspecified atom stereocenters. The number of para-hydroxylation sites is 2. The molecule has 0 amide bonds. The normalized spacial score (nSPS) is 10.9. The number of hydrogen-bond donors (Lipinski definition) is 3. The van der Waals surface area contributed by atoms with Crippen LogP contribution in [0.3, 0.4) is 0 Å². The zero-order valence-corrected chi connectivity index (χ0v) is 10.6. The largest absolute Gasteiger partial charge is 0.353 e. The molecule has 3 aromatic rings. The van der Waals surface area contributed by atoms with E-state index in [1.54, 1.807) is 0 Å². The first-order chi connectivity index (χ1) is 8.25. The summed E-state index contributed by atoms with van der Waals surface area (Å²) < 4.78 is 0.469. The summed E-state index contributed by atoms with van der Waals surface area (Å²) in [5, 5.41) is 5.48. The fourth-order valence-electron chi connectivity index (χ4n) is 2.09. The highest BCUT2D eigenvalue weighted by Crippen LogP contribution is 2.30. The standard InChI is InChI=1S/C13H10N2S2/c16-13(17)15-11-7-3-5-9-8-4-1-2-6-10(8)14-12(9)11/h1-7,14H,(H2,15,16,17). The molecule has 17 heavy (non-hydrogen) atoms. The number of aromatic nitrogens is 1. The van der Waals surface area contributed by atoms with Gasteiger partial charge in [0.2, 0.25) is 0 Å². The number of thiocarbonyl (C=S) groups is 1. The van der Waals surface area contributed by atoms with Crippen molar-refractivity contribution >= 4 is 56.7 Å². The van der Waals surface area contributed by atoms with Crippen LogP contribution in [0.1, 0.15) is 0 Å². The van der Waals surface area contributed by atoms with Gasteiger partial charge in [0, 0.05) is 16.3 Å². The summed E-state index contributed by atoms with van der Waals surface area (Å²) in [5.41, 5.74) is 3.14. The van der Waals surface area contributed by atoms with E-state index in [-0.39, 0.29) is 0 Å². The molecule has 1 aromatic heterocycles. The van der Waals surface area contributed by atoms with Crippen LogP contribution in [-0.4, -0.2) is 9.30 Å². The number of nitrogens with one attached hydrogen (secondary N) is 2. The van der Waals surface area contributed by atoms with Crippen molar-refractivity contribution in [1.29, 1.82) is 0 Å². The van der Waals surface area contributed by atoms with Crippen LogP contribution >= 0.6 is 24.8 Å². The van der Waals surface area contributed by atoms with Gasteiger partial charge in [0.25, 0.3) is 0 Å². The number of H-pyrrole nitrogens is 1. The maximum Gasteiger partial charge on any atom is 0.135 e. The van der Waals surface area contributed by atoms with E-state index in [9.17, 15) is 0 Å². The maximum atomic E-state index is 4.96. The third-order valence-electron chi connectivity index (χ3n) is 2.78. The van der Waals surface area contributed by atoms with Crippen LogP contribution in [0.15, 0.2) is 42.5 Å². The van der Waals surface area contributed by atoms with Gasteiger partial charge in [0.1, 0.15) is 4.32 Å². The summed E-state index contributed by atoms with van der Waals surface area (Å²) >= 11 is 9.06. The summed E-state index contributed by atoms with van der Waals surface area (Å²) in [4.78, 5) is 3.40. The minimum Gasteiger partial charge on any atom is -0.353 e. The molecule has 0 spiro atoms. The van der Waals surface area contributed by atoms with Gasteiger partial charge >= 0.3 is 0 Å². The molecule has 0 bridgehead atoms. The van der Waals surface area contributed by atoms with Crippen LogP contribution in [-0.2, 0) is 0 Å². The van der Waals surface area contributed by atoms with Crippen molar-refractivity contribution in [2.45, 2.75) is 0 Å². The fraction of sp³-hybridized carbons (Fsp3) is 0. The van der Waals surface area contributed by atoms with Crippen LogP contribution in [0, 0.1) is 0 Å². The SMILES string of the molecule is S=C(S)Nc1cccc2c1[nH]c1ccccc12. The number of anilines is 1. The van der Waals surface area contributed by atoms with Crippen molar-refractivity contribution in [2.75, 3.05) is 5.32 Å². The minimum absolute atomic E-state index is 0.469. The van der Waals surface area contributed by atoms with Gasteiger partial charge in [-0.1, -0.05) is 42.5 Å². The third kappa shape index (κ3) is 1.79. The molecule has 0 atom stereocenters. The van der Waals surface area contributed by atoms with Crippen molar-refractivity contribution < 1.29 is 0 Å². The lowest BCUT2D eigenvalue weighted by Crippen LogP contribution is -2.00. The smallest absolute Gasteiger partial charge is 0.135 e. The molecule has 0 fully saturated rings. The topological polar surface area (TPSA) is 27.8 Å². The Balaban J connectivity index is 2.35. The molecule has 3 rings (SSSR count). The molecule has 2 N–H and O–H groups in total. The van der Waals surface area contributed by atoms with Gasteiger partial charge in [-0.2, -0.15) is 0 Å². The second-order valence-corrected chi connectivity index (χ2v) is 4.99. The molecule has 84 valence electrons. The van der Waals surface area contributed by atoms with E-state index in [1.165, 1.54) is 10.8 Å². The average Bonchev–Trinajstić information content (AvgIpc) is 2.68. The van der Waals surface area contributed by atoms with E-state index in [4.69, 9.17) is 12.2 Å². The summed E-state index contributed by atoms with van der Waals surface area (Å²) in [6, 6.07) is 14.3. The van der Waals surface area contributed by atoms with Crippen molar-refractivity contribution in [3.8, 4) is 0 Å². The van der Waals surface area contributed by atoms with Gasteiger partial charge in [-0.05, 0) is 12.1 Å². The van der Waals surface area contributed by atoms with Crippen LogP contribution in [0.2, 0.25) is 0 Å². The number of hydrogen-bond acceptors (Lipinski definition) is 1. The van der Waals surface area contributed by atoms with Crippen molar-refractivity contribution in [1.82, 2.24) is 4.98 Å². The molecular weight excluding hydrogens is 248 g/mol. The summed E-state index contributed by atoms with van der Waals surface area (Å²) in [6.07, 6.45) is 0. The molecule has 0 saturated heterocycles. The van der Waals surface area contributed by atoms with Gasteiger partial charge in [-0.25, -0.2) is 0 Å². The molecule has 0 radical (unpaired) electrons. The van der Waals surface area contributed by atoms with Crippen molar-refractivity contribution in [2.24, 2.45) is 0 Å². The third-order valence-corrected chi connectivity index (χ3v) is 3.00. The Morgan fingerprint density at radius 3 is 2.65 bits per heavy atom. The molecule has 2 aromatic carbocycles. The van der Waals surface area contributed by atoms with E-state index in [0.717, 1.165) is 16.7 Å². The number of benzene rings is 2. The van der Waals surface area contributed by atoms with Gasteiger partial charge in [-0.15, -0.1) is 12.6 Å². The molecule has 2 nitrogen and oxygen atoms in total. The quantitative estimate of drug-likeness (QED) is 0.455. The van der Waals surface area contributed by atoms with Crippen LogP contribution in [0.4, 0.5) is 5.69 Å². The highest BCUT2D eigenvalue weighted by Gasteiger charge is 2.07. The van der Waals surface area contributed by atoms with Crippen LogP contribution < -0.4 is 5.32 Å². The molecule has 0 saturated carbocycles. The highest BCUT2D eigenvalue weighted by atomic mass is 32.1. The number of thiol groups is 1. The average molecular weight is 258 g/mol. The predicted octanol–water partition coefficient (Wildman–Crippen LogP) is 3.95. The first-order valence-corrected chi connectivity index (χ1v) is 6.10. The predicted molar refractivity (Wildman–Crippen MR) is 81.0 cm³/mol. The van der Waals surface area contributed by atoms with Crippen molar-refractivity contribution in [3.63, 3.8) is 0 Å². The molecule has 0 aliphatic carbocycles. The van der Waals surface area contributed by atoms with E-state index < -0.39 is 0 Å². The Kier molecular flexibility index (Phi) is 2.53. The molecule has 1 heterocycles. The molecular formula is C13H10N2S2. The number of aromatic amines is 1. The summed E-state index contributed by atoms with van der Waals surface area (Å²) in [6.45, 7) is 0. The van der Waals surface area contributed by atoms with Crippen LogP contribution in [0.5, 0.6) is 0 Å². The van der Waals surface area contributed by atoms with E-state index in [1.807, 2.05) is 24.3 Å². The molecule has 0 aliphatic rings. The Morgan fingerprint density at radius 1 is 1.06 bits per heavy atom. The van der Waals surface area contributed by atoms with Gasteiger partial charge in [-0.3, -0.25) is 0 Å².